The van der Waals surface area contributed by atoms with Crippen LogP contribution in [0.2, 0.25) is 0 Å². The molecule has 0 aromatic heterocycles. The van der Waals surface area contributed by atoms with E-state index in [4.69, 9.17) is 0 Å². The maximum atomic E-state index is 13.1. The lowest BCUT2D eigenvalue weighted by Crippen LogP contribution is -2.49. The fourth-order valence-electron chi connectivity index (χ4n) is 4.27. The molecule has 1 heterocycles. The molecule has 0 spiro atoms. The van der Waals surface area contributed by atoms with Gasteiger partial charge in [0, 0.05) is 18.3 Å². The van der Waals surface area contributed by atoms with Crippen molar-refractivity contribution in [3.05, 3.63) is 66.2 Å². The molecule has 0 bridgehead atoms. The normalized spacial score (nSPS) is 24.8. The molecular weight excluding hydrogens is 352 g/mol. The molecule has 4 atom stereocenters. The molecular formula is C22H26N4O2. The Morgan fingerprint density at radius 2 is 1.68 bits per heavy atom. The summed E-state index contributed by atoms with van der Waals surface area (Å²) < 4.78 is 0. The summed E-state index contributed by atoms with van der Waals surface area (Å²) in [4.78, 5) is 26.1. The van der Waals surface area contributed by atoms with Crippen LogP contribution >= 0.6 is 0 Å². The molecule has 2 fully saturated rings. The molecule has 4 unspecified atom stereocenters. The Morgan fingerprint density at radius 3 is 2.43 bits per heavy atom. The average molecular weight is 378 g/mol. The third kappa shape index (κ3) is 4.08. The smallest absolute Gasteiger partial charge is 0.251 e. The van der Waals surface area contributed by atoms with Gasteiger partial charge in [-0.15, -0.1) is 0 Å². The maximum Gasteiger partial charge on any atom is 0.251 e. The number of amides is 2. The molecule has 4 rings (SSSR count). The van der Waals surface area contributed by atoms with Crippen molar-refractivity contribution < 1.29 is 9.59 Å². The zero-order valence-electron chi connectivity index (χ0n) is 15.7. The Balaban J connectivity index is 1.52. The Hall–Kier alpha value is -2.70. The highest BCUT2D eigenvalue weighted by Crippen LogP contribution is 2.32. The summed E-state index contributed by atoms with van der Waals surface area (Å²) in [7, 11) is 0. The van der Waals surface area contributed by atoms with Crippen LogP contribution in [0.25, 0.3) is 0 Å². The molecule has 1 saturated carbocycles. The Labute approximate surface area is 165 Å². The van der Waals surface area contributed by atoms with Gasteiger partial charge in [-0.25, -0.2) is 0 Å². The van der Waals surface area contributed by atoms with Crippen molar-refractivity contribution in [3.63, 3.8) is 0 Å². The van der Waals surface area contributed by atoms with E-state index < -0.39 is 6.04 Å². The Bertz CT molecular complexity index is 812. The van der Waals surface area contributed by atoms with Crippen molar-refractivity contribution in [2.24, 2.45) is 11.8 Å². The third-order valence-corrected chi connectivity index (χ3v) is 5.72. The fraction of sp³-hybridized carbons (Fsp3) is 0.364. The molecule has 1 saturated heterocycles. The predicted octanol–water partition coefficient (Wildman–Crippen LogP) is 2.38. The standard InChI is InChI=1S/C22H26N4O2/c27-21(18-13-7-10-16-14-23-26-19(16)18)25-20(15-8-3-1-4-9-15)22(28)24-17-11-5-2-6-12-17/h1-6,8-9,11-12,16,18-20,23,26H,7,10,13-14H2,(H,24,28)(H,25,27). The highest BCUT2D eigenvalue weighted by molar-refractivity contribution is 5.98. The zero-order valence-corrected chi connectivity index (χ0v) is 15.7. The van der Waals surface area contributed by atoms with E-state index in [1.807, 2.05) is 60.7 Å². The number of hydrazine groups is 1. The number of rotatable bonds is 5. The molecule has 2 amide bonds. The Morgan fingerprint density at radius 1 is 0.964 bits per heavy atom. The van der Waals surface area contributed by atoms with Crippen LogP contribution in [-0.4, -0.2) is 24.4 Å². The summed E-state index contributed by atoms with van der Waals surface area (Å²) in [5, 5.41) is 5.93. The van der Waals surface area contributed by atoms with E-state index in [0.717, 1.165) is 31.4 Å². The van der Waals surface area contributed by atoms with E-state index >= 15 is 0 Å². The zero-order chi connectivity index (χ0) is 19.3. The molecule has 28 heavy (non-hydrogen) atoms. The first-order valence-electron chi connectivity index (χ1n) is 9.92. The summed E-state index contributed by atoms with van der Waals surface area (Å²) >= 11 is 0. The average Bonchev–Trinajstić information content (AvgIpc) is 3.22. The minimum absolute atomic E-state index is 0.0667. The van der Waals surface area contributed by atoms with Crippen molar-refractivity contribution in [1.29, 1.82) is 0 Å². The summed E-state index contributed by atoms with van der Waals surface area (Å²) in [5.41, 5.74) is 7.92. The lowest BCUT2D eigenvalue weighted by atomic mass is 9.77. The maximum absolute atomic E-state index is 13.1. The second-order valence-electron chi connectivity index (χ2n) is 7.56. The minimum atomic E-state index is -0.733. The quantitative estimate of drug-likeness (QED) is 0.644. The highest BCUT2D eigenvalue weighted by atomic mass is 16.2. The number of benzene rings is 2. The van der Waals surface area contributed by atoms with E-state index in [9.17, 15) is 9.59 Å². The van der Waals surface area contributed by atoms with Crippen LogP contribution in [0.5, 0.6) is 0 Å². The molecule has 2 aromatic rings. The van der Waals surface area contributed by atoms with Crippen LogP contribution in [0.3, 0.4) is 0 Å². The lowest BCUT2D eigenvalue weighted by Gasteiger charge is -2.32. The summed E-state index contributed by atoms with van der Waals surface area (Å²) in [6.07, 6.45) is 3.00. The van der Waals surface area contributed by atoms with Gasteiger partial charge in [0.2, 0.25) is 5.91 Å². The largest absolute Gasteiger partial charge is 0.340 e. The molecule has 2 aromatic carbocycles. The van der Waals surface area contributed by atoms with E-state index in [1.165, 1.54) is 0 Å². The number of fused-ring (bicyclic) bond motifs is 1. The number of hydrogen-bond donors (Lipinski definition) is 4. The second kappa shape index (κ2) is 8.54. The first kappa shape index (κ1) is 18.7. The minimum Gasteiger partial charge on any atom is -0.340 e. The second-order valence-corrected chi connectivity index (χ2v) is 7.56. The van der Waals surface area contributed by atoms with Crippen LogP contribution in [0, 0.1) is 11.8 Å². The first-order chi connectivity index (χ1) is 13.7. The van der Waals surface area contributed by atoms with Crippen LogP contribution in [0.1, 0.15) is 30.9 Å². The first-order valence-corrected chi connectivity index (χ1v) is 9.92. The van der Waals surface area contributed by atoms with Gasteiger partial charge in [0.15, 0.2) is 0 Å². The van der Waals surface area contributed by atoms with Gasteiger partial charge in [-0.05, 0) is 36.5 Å². The van der Waals surface area contributed by atoms with E-state index in [0.29, 0.717) is 11.6 Å². The van der Waals surface area contributed by atoms with Gasteiger partial charge in [0.05, 0.1) is 5.92 Å². The number of anilines is 1. The van der Waals surface area contributed by atoms with Gasteiger partial charge < -0.3 is 10.6 Å². The van der Waals surface area contributed by atoms with Crippen molar-refractivity contribution in [1.82, 2.24) is 16.2 Å². The number of nitrogens with one attached hydrogen (secondary N) is 4. The molecule has 6 heteroatoms. The molecule has 1 aliphatic heterocycles. The molecule has 2 aliphatic rings. The molecule has 146 valence electrons. The fourth-order valence-corrected chi connectivity index (χ4v) is 4.27. The van der Waals surface area contributed by atoms with Gasteiger partial charge in [-0.3, -0.25) is 20.4 Å². The summed E-state index contributed by atoms with van der Waals surface area (Å²) in [5.74, 6) is 0.0286. The Kier molecular flexibility index (Phi) is 5.69. The molecule has 0 radical (unpaired) electrons. The number of carbonyl (C=O) groups is 2. The van der Waals surface area contributed by atoms with Gasteiger partial charge in [0.1, 0.15) is 6.04 Å². The monoisotopic (exact) mass is 378 g/mol. The van der Waals surface area contributed by atoms with E-state index in [1.54, 1.807) is 0 Å². The lowest BCUT2D eigenvalue weighted by molar-refractivity contribution is -0.131. The van der Waals surface area contributed by atoms with E-state index in [-0.39, 0.29) is 23.8 Å². The van der Waals surface area contributed by atoms with E-state index in [2.05, 4.69) is 21.5 Å². The van der Waals surface area contributed by atoms with Crippen LogP contribution < -0.4 is 21.5 Å². The number of hydrogen-bond acceptors (Lipinski definition) is 4. The molecule has 6 nitrogen and oxygen atoms in total. The van der Waals surface area contributed by atoms with Gasteiger partial charge in [0.25, 0.3) is 5.91 Å². The van der Waals surface area contributed by atoms with Gasteiger partial charge >= 0.3 is 0 Å². The van der Waals surface area contributed by atoms with Gasteiger partial charge in [-0.1, -0.05) is 55.0 Å². The predicted molar refractivity (Wildman–Crippen MR) is 108 cm³/mol. The topological polar surface area (TPSA) is 82.3 Å². The molecule has 1 aliphatic carbocycles. The van der Waals surface area contributed by atoms with Crippen LogP contribution in [-0.2, 0) is 9.59 Å². The van der Waals surface area contributed by atoms with Crippen LogP contribution in [0.4, 0.5) is 5.69 Å². The third-order valence-electron chi connectivity index (χ3n) is 5.72. The summed E-state index contributed by atoms with van der Waals surface area (Å²) in [6, 6.07) is 18.1. The van der Waals surface area contributed by atoms with Crippen molar-refractivity contribution in [3.8, 4) is 0 Å². The van der Waals surface area contributed by atoms with Crippen molar-refractivity contribution in [2.45, 2.75) is 31.3 Å². The van der Waals surface area contributed by atoms with Crippen molar-refractivity contribution >= 4 is 17.5 Å². The number of para-hydroxylation sites is 1. The molecule has 4 N–H and O–H groups in total. The van der Waals surface area contributed by atoms with Crippen LogP contribution in [0.15, 0.2) is 60.7 Å². The SMILES string of the molecule is O=C(Nc1ccccc1)C(NC(=O)C1CCCC2CNNC21)c1ccccc1. The highest BCUT2D eigenvalue weighted by Gasteiger charge is 2.41. The number of carbonyl (C=O) groups excluding carboxylic acids is 2. The van der Waals surface area contributed by atoms with Gasteiger partial charge in [-0.2, -0.15) is 0 Å². The summed E-state index contributed by atoms with van der Waals surface area (Å²) in [6.45, 7) is 0.894. The van der Waals surface area contributed by atoms with Crippen molar-refractivity contribution in [2.75, 3.05) is 11.9 Å².